The van der Waals surface area contributed by atoms with E-state index in [-0.39, 0.29) is 10.6 Å². The van der Waals surface area contributed by atoms with Gasteiger partial charge in [0.25, 0.3) is 0 Å². The maximum atomic E-state index is 12.6. The molecular formula is C15H23OP. The van der Waals surface area contributed by atoms with E-state index in [1.165, 1.54) is 5.30 Å². The van der Waals surface area contributed by atoms with Gasteiger partial charge in [-0.15, -0.1) is 0 Å². The van der Waals surface area contributed by atoms with Gasteiger partial charge in [0, 0.05) is 13.3 Å². The molecule has 0 N–H and O–H groups in total. The molecule has 17 heavy (non-hydrogen) atoms. The normalized spacial score (nSPS) is 14.5. The smallest absolute Gasteiger partial charge is 0.164 e. The highest BCUT2D eigenvalue weighted by molar-refractivity contribution is 7.82. The fraction of sp³-hybridized carbons (Fsp3) is 0.533. The zero-order chi connectivity index (χ0) is 13.3. The third-order valence-corrected chi connectivity index (χ3v) is 5.76. The van der Waals surface area contributed by atoms with Gasteiger partial charge in [0.05, 0.1) is 0 Å². The molecule has 0 heterocycles. The van der Waals surface area contributed by atoms with Crippen molar-refractivity contribution in [3.63, 3.8) is 0 Å². The van der Waals surface area contributed by atoms with Gasteiger partial charge in [-0.3, -0.25) is 4.79 Å². The first-order valence-electron chi connectivity index (χ1n) is 6.04. The molecule has 0 radical (unpaired) electrons. The summed E-state index contributed by atoms with van der Waals surface area (Å²) in [5.74, 6) is 0. The molecule has 0 aromatic heterocycles. The highest BCUT2D eigenvalue weighted by Crippen LogP contribution is 2.52. The molecule has 1 rings (SSSR count). The van der Waals surface area contributed by atoms with Crippen LogP contribution in [0.4, 0.5) is 0 Å². The molecule has 0 aliphatic carbocycles. The zero-order valence-electron chi connectivity index (χ0n) is 11.7. The maximum Gasteiger partial charge on any atom is 0.164 e. The Morgan fingerprint density at radius 3 is 1.76 bits per heavy atom. The number of carbonyl (C=O) groups excluding carboxylic acids is 1. The van der Waals surface area contributed by atoms with Crippen molar-refractivity contribution in [2.24, 2.45) is 5.41 Å². The fourth-order valence-electron chi connectivity index (χ4n) is 1.72. The van der Waals surface area contributed by atoms with Crippen molar-refractivity contribution in [1.82, 2.24) is 0 Å². The lowest BCUT2D eigenvalue weighted by molar-refractivity contribution is -0.118. The van der Waals surface area contributed by atoms with Crippen molar-refractivity contribution in [3.8, 4) is 0 Å². The van der Waals surface area contributed by atoms with Crippen molar-refractivity contribution >= 4 is 18.8 Å². The van der Waals surface area contributed by atoms with E-state index in [0.29, 0.717) is 5.52 Å². The van der Waals surface area contributed by atoms with Crippen molar-refractivity contribution in [1.29, 1.82) is 0 Å². The molecule has 0 saturated carbocycles. The van der Waals surface area contributed by atoms with Gasteiger partial charge in [0.1, 0.15) is 0 Å². The third-order valence-electron chi connectivity index (χ3n) is 2.53. The van der Waals surface area contributed by atoms with Crippen LogP contribution < -0.4 is 5.30 Å². The van der Waals surface area contributed by atoms with Crippen molar-refractivity contribution in [2.75, 3.05) is 0 Å². The highest BCUT2D eigenvalue weighted by Gasteiger charge is 2.37. The summed E-state index contributed by atoms with van der Waals surface area (Å²) in [7, 11) is -0.785. The van der Waals surface area contributed by atoms with Gasteiger partial charge in [-0.25, -0.2) is 0 Å². The van der Waals surface area contributed by atoms with Crippen molar-refractivity contribution < 1.29 is 4.79 Å². The Bertz CT molecular complexity index is 382. The standard InChI is InChI=1S/C15H23OP/c1-14(2,3)13(16)17(15(4,5)6)12-10-8-7-9-11-12/h7-11H,1-6H3. The second kappa shape index (κ2) is 4.90. The Morgan fingerprint density at radius 2 is 1.41 bits per heavy atom. The maximum absolute atomic E-state index is 12.6. The van der Waals surface area contributed by atoms with Crippen LogP contribution in [0.3, 0.4) is 0 Å². The van der Waals surface area contributed by atoms with E-state index in [1.807, 2.05) is 39.0 Å². The summed E-state index contributed by atoms with van der Waals surface area (Å²) in [6, 6.07) is 10.2. The first-order chi connectivity index (χ1) is 7.64. The molecule has 2 heteroatoms. The molecule has 94 valence electrons. The Labute approximate surface area is 106 Å². The molecule has 0 spiro atoms. The first kappa shape index (κ1) is 14.4. The molecule has 0 amide bonds. The molecular weight excluding hydrogens is 227 g/mol. The van der Waals surface area contributed by atoms with E-state index in [0.717, 1.165) is 0 Å². The fourth-order valence-corrected chi connectivity index (χ4v) is 4.48. The van der Waals surface area contributed by atoms with Gasteiger partial charge in [-0.1, -0.05) is 71.9 Å². The van der Waals surface area contributed by atoms with E-state index in [2.05, 4.69) is 32.9 Å². The molecule has 1 nitrogen and oxygen atoms in total. The third kappa shape index (κ3) is 3.64. The van der Waals surface area contributed by atoms with Gasteiger partial charge in [-0.2, -0.15) is 0 Å². The Balaban J connectivity index is 3.20. The molecule has 0 saturated heterocycles. The van der Waals surface area contributed by atoms with E-state index in [9.17, 15) is 4.79 Å². The van der Waals surface area contributed by atoms with E-state index in [1.54, 1.807) is 0 Å². The van der Waals surface area contributed by atoms with Crippen LogP contribution in [0.2, 0.25) is 0 Å². The quantitative estimate of drug-likeness (QED) is 0.720. The average molecular weight is 250 g/mol. The van der Waals surface area contributed by atoms with E-state index >= 15 is 0 Å². The molecule has 0 fully saturated rings. The summed E-state index contributed by atoms with van der Waals surface area (Å²) in [5.41, 5.74) is 0.112. The largest absolute Gasteiger partial charge is 0.294 e. The SMILES string of the molecule is CC(C)(C)C(=O)P(c1ccccc1)C(C)(C)C. The van der Waals surface area contributed by atoms with Crippen LogP contribution in [-0.4, -0.2) is 10.7 Å². The van der Waals surface area contributed by atoms with Crippen LogP contribution in [-0.2, 0) is 4.79 Å². The Morgan fingerprint density at radius 1 is 0.941 bits per heavy atom. The van der Waals surface area contributed by atoms with Crippen LogP contribution in [0, 0.1) is 5.41 Å². The lowest BCUT2D eigenvalue weighted by Gasteiger charge is -2.34. The first-order valence-corrected chi connectivity index (χ1v) is 7.38. The second-order valence-corrected chi connectivity index (χ2v) is 9.33. The van der Waals surface area contributed by atoms with E-state index < -0.39 is 7.92 Å². The van der Waals surface area contributed by atoms with Crippen LogP contribution >= 0.6 is 7.92 Å². The van der Waals surface area contributed by atoms with Crippen LogP contribution in [0.15, 0.2) is 30.3 Å². The number of hydrogen-bond donors (Lipinski definition) is 0. The van der Waals surface area contributed by atoms with Gasteiger partial charge >= 0.3 is 0 Å². The number of hydrogen-bond acceptors (Lipinski definition) is 1. The molecule has 0 aliphatic rings. The van der Waals surface area contributed by atoms with Gasteiger partial charge in [0.15, 0.2) is 5.52 Å². The van der Waals surface area contributed by atoms with Crippen LogP contribution in [0.25, 0.3) is 0 Å². The Kier molecular flexibility index (Phi) is 4.15. The number of carbonyl (C=O) groups is 1. The summed E-state index contributed by atoms with van der Waals surface area (Å²) in [4.78, 5) is 12.6. The number of benzene rings is 1. The minimum absolute atomic E-state index is 0.0149. The predicted molar refractivity (Wildman–Crippen MR) is 77.2 cm³/mol. The molecule has 0 aliphatic heterocycles. The van der Waals surface area contributed by atoms with Gasteiger partial charge < -0.3 is 0 Å². The highest BCUT2D eigenvalue weighted by atomic mass is 31.1. The van der Waals surface area contributed by atoms with E-state index in [4.69, 9.17) is 0 Å². The van der Waals surface area contributed by atoms with Crippen LogP contribution in [0.1, 0.15) is 41.5 Å². The topological polar surface area (TPSA) is 17.1 Å². The molecule has 0 bridgehead atoms. The summed E-state index contributed by atoms with van der Waals surface area (Å²) < 4.78 is 0. The molecule has 1 unspecified atom stereocenters. The average Bonchev–Trinajstić information content (AvgIpc) is 2.15. The number of rotatable bonds is 2. The summed E-state index contributed by atoms with van der Waals surface area (Å²) >= 11 is 0. The van der Waals surface area contributed by atoms with Gasteiger partial charge in [0.2, 0.25) is 0 Å². The molecule has 1 atom stereocenters. The minimum atomic E-state index is -0.785. The lowest BCUT2D eigenvalue weighted by atomic mass is 9.99. The lowest BCUT2D eigenvalue weighted by Crippen LogP contribution is -2.31. The monoisotopic (exact) mass is 250 g/mol. The molecule has 1 aromatic carbocycles. The minimum Gasteiger partial charge on any atom is -0.294 e. The second-order valence-electron chi connectivity index (χ2n) is 6.40. The molecule has 1 aromatic rings. The summed E-state index contributed by atoms with van der Waals surface area (Å²) in [6.07, 6.45) is 0. The summed E-state index contributed by atoms with van der Waals surface area (Å²) in [6.45, 7) is 12.5. The Hall–Kier alpha value is -0.680. The predicted octanol–water partition coefficient (Wildman–Crippen LogP) is 4.17. The zero-order valence-corrected chi connectivity index (χ0v) is 12.6. The van der Waals surface area contributed by atoms with Crippen LogP contribution in [0.5, 0.6) is 0 Å². The van der Waals surface area contributed by atoms with Gasteiger partial charge in [-0.05, 0) is 10.5 Å². The summed E-state index contributed by atoms with van der Waals surface area (Å²) in [5, 5.41) is 1.20. The van der Waals surface area contributed by atoms with Crippen molar-refractivity contribution in [3.05, 3.63) is 30.3 Å². The van der Waals surface area contributed by atoms with Crippen molar-refractivity contribution in [2.45, 2.75) is 46.7 Å².